The Morgan fingerprint density at radius 3 is 2.31 bits per heavy atom. The second-order valence-corrected chi connectivity index (χ2v) is 5.99. The summed E-state index contributed by atoms with van der Waals surface area (Å²) in [4.78, 5) is 2.80. The van der Waals surface area contributed by atoms with Crippen molar-refractivity contribution in [3.63, 3.8) is 0 Å². The zero-order valence-electron chi connectivity index (χ0n) is 10.1. The van der Waals surface area contributed by atoms with Crippen molar-refractivity contribution in [1.82, 2.24) is 0 Å². The Labute approximate surface area is 102 Å². The van der Waals surface area contributed by atoms with E-state index >= 15 is 0 Å². The van der Waals surface area contributed by atoms with Crippen LogP contribution in [0.4, 0.5) is 0 Å². The van der Waals surface area contributed by atoms with Crippen LogP contribution in [0.25, 0.3) is 0 Å². The van der Waals surface area contributed by atoms with Crippen LogP contribution in [0.1, 0.15) is 30.0 Å². The van der Waals surface area contributed by atoms with Crippen LogP contribution in [0.3, 0.4) is 0 Å². The summed E-state index contributed by atoms with van der Waals surface area (Å²) in [6.45, 7) is 4.63. The first-order chi connectivity index (χ1) is 7.65. The molecular formula is C13H22O2S. The van der Waals surface area contributed by atoms with Gasteiger partial charge in [-0.1, -0.05) is 13.8 Å². The lowest BCUT2D eigenvalue weighted by Gasteiger charge is -2.08. The number of hydrogen-bond donors (Lipinski definition) is 2. The molecule has 0 radical (unpaired) electrons. The normalized spacial score (nSPS) is 11.6. The maximum atomic E-state index is 8.97. The lowest BCUT2D eigenvalue weighted by atomic mass is 10.1. The van der Waals surface area contributed by atoms with Crippen molar-refractivity contribution < 1.29 is 10.2 Å². The smallest absolute Gasteiger partial charge is 0.0481 e. The summed E-state index contributed by atoms with van der Waals surface area (Å²) in [6, 6.07) is 4.38. The number of thiophene rings is 1. The number of aliphatic hydroxyl groups is 2. The molecule has 0 aliphatic carbocycles. The number of aryl methyl sites for hydroxylation is 1. The second-order valence-electron chi connectivity index (χ2n) is 4.74. The molecule has 3 heteroatoms. The van der Waals surface area contributed by atoms with Crippen LogP contribution in [0.2, 0.25) is 0 Å². The molecule has 0 aliphatic heterocycles. The molecule has 1 rings (SSSR count). The highest BCUT2D eigenvalue weighted by molar-refractivity contribution is 7.11. The highest BCUT2D eigenvalue weighted by Crippen LogP contribution is 2.22. The SMILES string of the molecule is CC(C)Cc1ccc(CCC(CO)CO)s1. The highest BCUT2D eigenvalue weighted by Gasteiger charge is 2.08. The van der Waals surface area contributed by atoms with Gasteiger partial charge in [-0.25, -0.2) is 0 Å². The van der Waals surface area contributed by atoms with E-state index < -0.39 is 0 Å². The molecule has 0 aromatic carbocycles. The molecule has 0 fully saturated rings. The first-order valence-electron chi connectivity index (χ1n) is 5.95. The van der Waals surface area contributed by atoms with Crippen molar-refractivity contribution in [2.75, 3.05) is 13.2 Å². The van der Waals surface area contributed by atoms with Crippen molar-refractivity contribution in [3.05, 3.63) is 21.9 Å². The third-order valence-corrected chi connectivity index (χ3v) is 3.81. The maximum absolute atomic E-state index is 8.97. The minimum Gasteiger partial charge on any atom is -0.396 e. The Balaban J connectivity index is 2.39. The van der Waals surface area contributed by atoms with Crippen molar-refractivity contribution >= 4 is 11.3 Å². The summed E-state index contributed by atoms with van der Waals surface area (Å²) in [6.07, 6.45) is 2.98. The van der Waals surface area contributed by atoms with Crippen LogP contribution >= 0.6 is 11.3 Å². The maximum Gasteiger partial charge on any atom is 0.0481 e. The van der Waals surface area contributed by atoms with Crippen LogP contribution < -0.4 is 0 Å². The Morgan fingerprint density at radius 2 is 1.75 bits per heavy atom. The van der Waals surface area contributed by atoms with Gasteiger partial charge in [0.25, 0.3) is 0 Å². The molecule has 0 saturated heterocycles. The fourth-order valence-corrected chi connectivity index (χ4v) is 2.90. The summed E-state index contributed by atoms with van der Waals surface area (Å²) in [5, 5.41) is 17.9. The van der Waals surface area contributed by atoms with E-state index in [4.69, 9.17) is 10.2 Å². The minimum atomic E-state index is 0.0376. The van der Waals surface area contributed by atoms with Gasteiger partial charge in [0, 0.05) is 28.9 Å². The molecule has 0 amide bonds. The predicted molar refractivity (Wildman–Crippen MR) is 68.8 cm³/mol. The number of rotatable bonds is 7. The van der Waals surface area contributed by atoms with E-state index in [0.29, 0.717) is 5.92 Å². The molecule has 2 N–H and O–H groups in total. The van der Waals surface area contributed by atoms with Gasteiger partial charge in [0.15, 0.2) is 0 Å². The van der Waals surface area contributed by atoms with Crippen LogP contribution in [0, 0.1) is 11.8 Å². The Hall–Kier alpha value is -0.380. The van der Waals surface area contributed by atoms with Gasteiger partial charge in [-0.05, 0) is 37.3 Å². The molecule has 0 unspecified atom stereocenters. The van der Waals surface area contributed by atoms with E-state index in [1.807, 2.05) is 11.3 Å². The zero-order chi connectivity index (χ0) is 12.0. The fraction of sp³-hybridized carbons (Fsp3) is 0.692. The monoisotopic (exact) mass is 242 g/mol. The Morgan fingerprint density at radius 1 is 1.12 bits per heavy atom. The summed E-state index contributed by atoms with van der Waals surface area (Å²) in [5.74, 6) is 0.741. The average molecular weight is 242 g/mol. The average Bonchev–Trinajstić information content (AvgIpc) is 2.66. The molecule has 0 saturated carbocycles. The van der Waals surface area contributed by atoms with E-state index in [1.54, 1.807) is 0 Å². The number of hydrogen-bond acceptors (Lipinski definition) is 3. The van der Waals surface area contributed by atoms with E-state index in [-0.39, 0.29) is 19.1 Å². The third kappa shape index (κ3) is 4.64. The molecule has 0 aliphatic rings. The molecule has 0 bridgehead atoms. The van der Waals surface area contributed by atoms with Gasteiger partial charge in [-0.3, -0.25) is 0 Å². The summed E-state index contributed by atoms with van der Waals surface area (Å²) >= 11 is 1.86. The molecule has 0 atom stereocenters. The molecule has 1 aromatic heterocycles. The first kappa shape index (κ1) is 13.7. The summed E-state index contributed by atoms with van der Waals surface area (Å²) in [5.41, 5.74) is 0. The van der Waals surface area contributed by atoms with Gasteiger partial charge in [0.2, 0.25) is 0 Å². The quantitative estimate of drug-likeness (QED) is 0.771. The van der Waals surface area contributed by atoms with E-state index in [2.05, 4.69) is 26.0 Å². The standard InChI is InChI=1S/C13H22O2S/c1-10(2)7-13-6-5-12(16-13)4-3-11(8-14)9-15/h5-6,10-11,14-15H,3-4,7-9H2,1-2H3. The van der Waals surface area contributed by atoms with Crippen molar-refractivity contribution in [2.45, 2.75) is 33.1 Å². The minimum absolute atomic E-state index is 0.0376. The second kappa shape index (κ2) is 7.05. The highest BCUT2D eigenvalue weighted by atomic mass is 32.1. The summed E-state index contributed by atoms with van der Waals surface area (Å²) < 4.78 is 0. The van der Waals surface area contributed by atoms with Crippen molar-refractivity contribution in [3.8, 4) is 0 Å². The zero-order valence-corrected chi connectivity index (χ0v) is 11.0. The molecule has 92 valence electrons. The van der Waals surface area contributed by atoms with Crippen molar-refractivity contribution in [2.24, 2.45) is 11.8 Å². The first-order valence-corrected chi connectivity index (χ1v) is 6.76. The molecular weight excluding hydrogens is 220 g/mol. The number of aliphatic hydroxyl groups excluding tert-OH is 2. The lowest BCUT2D eigenvalue weighted by Crippen LogP contribution is -2.11. The summed E-state index contributed by atoms with van der Waals surface area (Å²) in [7, 11) is 0. The molecule has 1 heterocycles. The largest absolute Gasteiger partial charge is 0.396 e. The van der Waals surface area contributed by atoms with Gasteiger partial charge in [-0.2, -0.15) is 0 Å². The fourth-order valence-electron chi connectivity index (χ4n) is 1.66. The third-order valence-electron chi connectivity index (χ3n) is 2.64. The topological polar surface area (TPSA) is 40.5 Å². The van der Waals surface area contributed by atoms with Gasteiger partial charge in [-0.15, -0.1) is 11.3 Å². The van der Waals surface area contributed by atoms with Gasteiger partial charge in [0.05, 0.1) is 0 Å². The molecule has 16 heavy (non-hydrogen) atoms. The van der Waals surface area contributed by atoms with Crippen LogP contribution in [0.15, 0.2) is 12.1 Å². The van der Waals surface area contributed by atoms with E-state index in [9.17, 15) is 0 Å². The van der Waals surface area contributed by atoms with Gasteiger partial charge >= 0.3 is 0 Å². The van der Waals surface area contributed by atoms with Crippen LogP contribution in [0.5, 0.6) is 0 Å². The molecule has 0 spiro atoms. The van der Waals surface area contributed by atoms with Crippen molar-refractivity contribution in [1.29, 1.82) is 0 Å². The van der Waals surface area contributed by atoms with Gasteiger partial charge < -0.3 is 10.2 Å². The lowest BCUT2D eigenvalue weighted by molar-refractivity contribution is 0.144. The molecule has 1 aromatic rings. The predicted octanol–water partition coefficient (Wildman–Crippen LogP) is 2.48. The Kier molecular flexibility index (Phi) is 6.03. The van der Waals surface area contributed by atoms with Crippen LogP contribution in [-0.2, 0) is 12.8 Å². The van der Waals surface area contributed by atoms with E-state index in [1.165, 1.54) is 9.75 Å². The molecule has 2 nitrogen and oxygen atoms in total. The Bertz CT molecular complexity index is 290. The van der Waals surface area contributed by atoms with E-state index in [0.717, 1.165) is 19.3 Å². The van der Waals surface area contributed by atoms with Crippen LogP contribution in [-0.4, -0.2) is 23.4 Å². The van der Waals surface area contributed by atoms with Gasteiger partial charge in [0.1, 0.15) is 0 Å².